The Labute approximate surface area is 443 Å². The van der Waals surface area contributed by atoms with Crippen molar-refractivity contribution in [2.45, 2.75) is 177 Å². The third-order valence-electron chi connectivity index (χ3n) is 6.87. The standard InChI is InChI=1S/C13H28O4Si2.C11H22O3Si.C10H20O3Si.C9H18O3Si.4Cu/c1-18(2,3)16-9-7-12(14)11-13(15)8-10-17-19(4,5)6;1-8(2)6-9(12)7-10(13)11(3,4)14-15-5;1-8(11)7-9(12)10(2,3)13-14(4,5)6;1-8(10)7-9(11)5-6-12-13(2,3)4;;;;/h11,14H,7-10H2,1-6H3;7-8,12H,6,15H2,1-5H3;7,11H,1-6H3;7,10H,5-6H2,1-4H3;;;;. The second-order valence-electron chi connectivity index (χ2n) is 19.9. The summed E-state index contributed by atoms with van der Waals surface area (Å²) in [5.74, 6) is 0.122. The van der Waals surface area contributed by atoms with E-state index in [1.807, 2.05) is 40.0 Å². The first-order valence-electron chi connectivity index (χ1n) is 21.1. The molecule has 65 heavy (non-hydrogen) atoms. The van der Waals surface area contributed by atoms with Crippen LogP contribution in [0.1, 0.15) is 81.1 Å². The topological polar surface area (TPSA) is 195 Å². The van der Waals surface area contributed by atoms with Crippen molar-refractivity contribution < 1.29 is 130 Å². The summed E-state index contributed by atoms with van der Waals surface area (Å²) < 4.78 is 27.9. The Morgan fingerprint density at radius 2 is 0.862 bits per heavy atom. The number of allylic oxidation sites excluding steroid dienone is 5. The Kier molecular flexibility index (Phi) is 49.7. The number of carbonyl (C=O) groups is 4. The Morgan fingerprint density at radius 3 is 1.17 bits per heavy atom. The normalized spacial score (nSPS) is 13.0. The van der Waals surface area contributed by atoms with E-state index in [0.29, 0.717) is 51.4 Å². The molecular weight excluding hydrogens is 1120 g/mol. The summed E-state index contributed by atoms with van der Waals surface area (Å²) in [5.41, 5.74) is -1.62. The van der Waals surface area contributed by atoms with E-state index in [0.717, 1.165) is 0 Å². The van der Waals surface area contributed by atoms with Crippen LogP contribution >= 0.6 is 0 Å². The molecule has 0 aliphatic rings. The summed E-state index contributed by atoms with van der Waals surface area (Å²) >= 11 is 0. The van der Waals surface area contributed by atoms with Gasteiger partial charge in [0.15, 0.2) is 66.2 Å². The van der Waals surface area contributed by atoms with Crippen molar-refractivity contribution in [3.8, 4) is 0 Å². The molecule has 0 amide bonds. The fourth-order valence-electron chi connectivity index (χ4n) is 4.43. The van der Waals surface area contributed by atoms with E-state index in [1.165, 1.54) is 38.2 Å². The van der Waals surface area contributed by atoms with Gasteiger partial charge in [0.05, 0.1) is 23.0 Å². The van der Waals surface area contributed by atoms with Gasteiger partial charge in [-0.3, -0.25) is 19.2 Å². The maximum atomic E-state index is 11.7. The average molecular weight is 1210 g/mol. The quantitative estimate of drug-likeness (QED) is 0.0405. The minimum absolute atomic E-state index is 0. The largest absolute Gasteiger partial charge is 0.512 e. The average Bonchev–Trinajstić information content (AvgIpc) is 2.97. The summed E-state index contributed by atoms with van der Waals surface area (Å²) in [6.45, 7) is 42.0. The van der Waals surface area contributed by atoms with Crippen LogP contribution in [0.2, 0.25) is 85.1 Å². The van der Waals surface area contributed by atoms with Crippen LogP contribution in [0.5, 0.6) is 0 Å². The van der Waals surface area contributed by atoms with Crippen molar-refractivity contribution in [1.29, 1.82) is 0 Å². The van der Waals surface area contributed by atoms with Crippen molar-refractivity contribution >= 4 is 66.2 Å². The maximum absolute atomic E-state index is 11.7. The van der Waals surface area contributed by atoms with Crippen molar-refractivity contribution in [1.82, 2.24) is 0 Å². The molecule has 0 saturated carbocycles. The van der Waals surface area contributed by atoms with Gasteiger partial charge in [-0.1, -0.05) is 20.4 Å². The fraction of sp³-hybridized carbons (Fsp3) is 0.721. The molecule has 0 bridgehead atoms. The SMILES string of the molecule is CC(O)=CC(=O)C(C)(C)O[Si](C)(C)C.CC(O)=CC(=O)CCO[Si](C)(C)C.C[SiH2]OC(C)(C)C(=O)C=C(O)CC(C)C.C[Si](C)(C)OCCC(=O)C=C(O)CCO[Si](C)(C)C.[Cu].[Cu].[Cu].[Cu]. The Hall–Kier alpha value is -0.198. The van der Waals surface area contributed by atoms with E-state index in [2.05, 4.69) is 58.9 Å². The van der Waals surface area contributed by atoms with Gasteiger partial charge in [-0.15, -0.1) is 0 Å². The monoisotopic (exact) mass is 1200 g/mol. The molecule has 0 unspecified atom stereocenters. The molecule has 0 aliphatic heterocycles. The van der Waals surface area contributed by atoms with Crippen molar-refractivity contribution in [2.24, 2.45) is 5.92 Å². The number of hydrogen-bond donors (Lipinski definition) is 4. The molecule has 0 fully saturated rings. The van der Waals surface area contributed by atoms with Gasteiger partial charge >= 0.3 is 0 Å². The van der Waals surface area contributed by atoms with E-state index in [4.69, 9.17) is 32.3 Å². The molecule has 22 heteroatoms. The van der Waals surface area contributed by atoms with Crippen molar-refractivity contribution in [2.75, 3.05) is 19.8 Å². The summed E-state index contributed by atoms with van der Waals surface area (Å²) in [5, 5.41) is 36.9. The van der Waals surface area contributed by atoms with E-state index in [-0.39, 0.29) is 114 Å². The summed E-state index contributed by atoms with van der Waals surface area (Å²) in [7, 11) is -6.96. The molecule has 402 valence electrons. The van der Waals surface area contributed by atoms with Crippen molar-refractivity contribution in [3.63, 3.8) is 0 Å². The fourth-order valence-corrected chi connectivity index (χ4v) is 9.07. The van der Waals surface area contributed by atoms with E-state index in [9.17, 15) is 29.4 Å². The second kappa shape index (κ2) is 39.5. The van der Waals surface area contributed by atoms with Crippen LogP contribution in [-0.4, -0.2) is 118 Å². The van der Waals surface area contributed by atoms with Crippen LogP contribution in [-0.2, 0) is 110 Å². The maximum Gasteiger partial charge on any atom is 0.189 e. The smallest absolute Gasteiger partial charge is 0.189 e. The molecule has 0 aromatic carbocycles. The van der Waals surface area contributed by atoms with Gasteiger partial charge < -0.3 is 42.6 Å². The van der Waals surface area contributed by atoms with Gasteiger partial charge in [-0.25, -0.2) is 0 Å². The Morgan fingerprint density at radius 1 is 0.523 bits per heavy atom. The van der Waals surface area contributed by atoms with Gasteiger partial charge in [0, 0.05) is 138 Å². The molecule has 0 atom stereocenters. The summed E-state index contributed by atoms with van der Waals surface area (Å²) in [4.78, 5) is 45.9. The van der Waals surface area contributed by atoms with Gasteiger partial charge in [0.25, 0.3) is 0 Å². The minimum atomic E-state index is -1.74. The van der Waals surface area contributed by atoms with E-state index >= 15 is 0 Å². The molecule has 0 aromatic rings. The molecule has 0 heterocycles. The van der Waals surface area contributed by atoms with Crippen molar-refractivity contribution in [3.05, 3.63) is 47.3 Å². The molecule has 4 radical (unpaired) electrons. The molecular formula is C43H88Cu4O13Si5. The molecule has 0 aliphatic carbocycles. The van der Waals surface area contributed by atoms with Gasteiger partial charge in [0.2, 0.25) is 0 Å². The second-order valence-corrected chi connectivity index (χ2v) is 38.7. The zero-order chi connectivity index (χ0) is 49.2. The van der Waals surface area contributed by atoms with Crippen LogP contribution in [0.15, 0.2) is 47.3 Å². The zero-order valence-electron chi connectivity index (χ0n) is 43.2. The Balaban J connectivity index is -0.000000110. The first kappa shape index (κ1) is 81.8. The van der Waals surface area contributed by atoms with Crippen LogP contribution in [0.25, 0.3) is 0 Å². The predicted molar refractivity (Wildman–Crippen MR) is 264 cm³/mol. The third-order valence-corrected chi connectivity index (χ3v) is 12.2. The molecule has 0 saturated heterocycles. The van der Waals surface area contributed by atoms with Gasteiger partial charge in [0.1, 0.15) is 11.2 Å². The predicted octanol–water partition coefficient (Wildman–Crippen LogP) is 10.3. The molecule has 0 spiro atoms. The zero-order valence-corrected chi connectivity index (χ0v) is 52.4. The summed E-state index contributed by atoms with van der Waals surface area (Å²) in [6.07, 6.45) is 6.63. The minimum Gasteiger partial charge on any atom is -0.512 e. The molecule has 4 N–H and O–H groups in total. The number of carbonyl (C=O) groups excluding carboxylic acids is 4. The first-order chi connectivity index (χ1) is 27.1. The third kappa shape index (κ3) is 61.8. The van der Waals surface area contributed by atoms with Crippen LogP contribution in [0.3, 0.4) is 0 Å². The number of ketones is 4. The van der Waals surface area contributed by atoms with Crippen LogP contribution in [0, 0.1) is 5.92 Å². The number of rotatable bonds is 24. The van der Waals surface area contributed by atoms with Crippen LogP contribution in [0.4, 0.5) is 0 Å². The number of aliphatic hydroxyl groups excluding tert-OH is 4. The Bertz CT molecular complexity index is 1450. The number of hydrogen-bond acceptors (Lipinski definition) is 13. The van der Waals surface area contributed by atoms with Gasteiger partial charge in [-0.05, 0) is 126 Å². The molecule has 13 nitrogen and oxygen atoms in total. The van der Waals surface area contributed by atoms with E-state index in [1.54, 1.807) is 27.7 Å². The number of aliphatic hydroxyl groups is 4. The summed E-state index contributed by atoms with van der Waals surface area (Å²) in [6, 6.07) is 0. The first-order valence-corrected chi connectivity index (χ1v) is 36.7. The molecule has 0 rings (SSSR count). The van der Waals surface area contributed by atoms with Gasteiger partial charge in [-0.2, -0.15) is 0 Å². The van der Waals surface area contributed by atoms with E-state index < -0.39 is 54.2 Å². The van der Waals surface area contributed by atoms with Crippen LogP contribution < -0.4 is 0 Å². The molecule has 0 aromatic heterocycles.